The van der Waals surface area contributed by atoms with Crippen LogP contribution in [0, 0.1) is 6.92 Å². The van der Waals surface area contributed by atoms with Gasteiger partial charge in [0.25, 0.3) is 0 Å². The molecular weight excluding hydrogens is 290 g/mol. The van der Waals surface area contributed by atoms with Gasteiger partial charge in [-0.15, -0.1) is 0 Å². The Morgan fingerprint density at radius 3 is 2.95 bits per heavy atom. The molecule has 1 saturated heterocycles. The number of carbonyl (C=O) groups excluding carboxylic acids is 1. The van der Waals surface area contributed by atoms with E-state index >= 15 is 0 Å². The van der Waals surface area contributed by atoms with E-state index in [4.69, 9.17) is 16.3 Å². The molecule has 0 spiro atoms. The number of carbonyl (C=O) groups is 1. The monoisotopic (exact) mass is 311 g/mol. The predicted octanol–water partition coefficient (Wildman–Crippen LogP) is 2.24. The minimum absolute atomic E-state index is 0.0702. The van der Waals surface area contributed by atoms with E-state index in [-0.39, 0.29) is 18.6 Å². The van der Waals surface area contributed by atoms with Gasteiger partial charge < -0.3 is 15.2 Å². The van der Waals surface area contributed by atoms with E-state index in [1.165, 1.54) is 0 Å². The van der Waals surface area contributed by atoms with Crippen molar-refractivity contribution in [1.82, 2.24) is 5.32 Å². The molecule has 0 saturated carbocycles. The number of ether oxygens (including phenoxy) is 1. The molecule has 2 rings (SSSR count). The summed E-state index contributed by atoms with van der Waals surface area (Å²) in [6.07, 6.45) is 1.33. The molecule has 0 radical (unpaired) electrons. The lowest BCUT2D eigenvalue weighted by molar-refractivity contribution is -0.122. The number of amides is 1. The maximum absolute atomic E-state index is 11.9. The molecule has 2 atom stereocenters. The van der Waals surface area contributed by atoms with Crippen LogP contribution in [0.15, 0.2) is 18.2 Å². The van der Waals surface area contributed by atoms with E-state index in [0.717, 1.165) is 16.1 Å². The molecule has 1 aliphatic heterocycles. The van der Waals surface area contributed by atoms with Gasteiger partial charge in [-0.3, -0.25) is 4.79 Å². The Labute approximate surface area is 130 Å². The molecule has 116 valence electrons. The fourth-order valence-electron chi connectivity index (χ4n) is 2.39. The van der Waals surface area contributed by atoms with Crippen LogP contribution in [0.1, 0.15) is 30.9 Å². The molecule has 1 amide bonds. The van der Waals surface area contributed by atoms with Gasteiger partial charge in [-0.2, -0.15) is 0 Å². The predicted molar refractivity (Wildman–Crippen MR) is 82.5 cm³/mol. The van der Waals surface area contributed by atoms with Gasteiger partial charge >= 0.3 is 0 Å². The van der Waals surface area contributed by atoms with Crippen molar-refractivity contribution >= 4 is 17.5 Å². The molecule has 0 bridgehead atoms. The average Bonchev–Trinajstić information content (AvgIpc) is 2.78. The quantitative estimate of drug-likeness (QED) is 0.877. The van der Waals surface area contributed by atoms with Gasteiger partial charge in [-0.25, -0.2) is 0 Å². The van der Waals surface area contributed by atoms with Crippen molar-refractivity contribution in [3.8, 4) is 0 Å². The maximum Gasteiger partial charge on any atom is 0.220 e. The first-order chi connectivity index (χ1) is 9.90. The molecule has 5 heteroatoms. The van der Waals surface area contributed by atoms with Crippen LogP contribution >= 0.6 is 11.6 Å². The van der Waals surface area contributed by atoms with Gasteiger partial charge in [0.15, 0.2) is 0 Å². The van der Waals surface area contributed by atoms with Gasteiger partial charge in [-0.05, 0) is 37.5 Å². The Hall–Kier alpha value is -1.10. The van der Waals surface area contributed by atoms with Gasteiger partial charge in [0.1, 0.15) is 5.60 Å². The van der Waals surface area contributed by atoms with E-state index in [1.54, 1.807) is 0 Å². The van der Waals surface area contributed by atoms with Crippen molar-refractivity contribution < 1.29 is 14.6 Å². The number of hydrogen-bond acceptors (Lipinski definition) is 3. The Balaban J connectivity index is 1.78. The highest BCUT2D eigenvalue weighted by molar-refractivity contribution is 6.31. The Bertz CT molecular complexity index is 520. The zero-order chi connectivity index (χ0) is 15.5. The van der Waals surface area contributed by atoms with Crippen molar-refractivity contribution in [2.24, 2.45) is 0 Å². The number of benzene rings is 1. The summed E-state index contributed by atoms with van der Waals surface area (Å²) >= 11 is 6.06. The first-order valence-electron chi connectivity index (χ1n) is 7.26. The van der Waals surface area contributed by atoms with E-state index in [1.807, 2.05) is 32.0 Å². The summed E-state index contributed by atoms with van der Waals surface area (Å²) in [6, 6.07) is 5.83. The number of aryl methyl sites for hydroxylation is 2. The smallest absolute Gasteiger partial charge is 0.220 e. The van der Waals surface area contributed by atoms with Gasteiger partial charge in [0.2, 0.25) is 5.91 Å². The first kappa shape index (κ1) is 16.3. The van der Waals surface area contributed by atoms with Crippen LogP contribution in [0.3, 0.4) is 0 Å². The highest BCUT2D eigenvalue weighted by Gasteiger charge is 2.39. The van der Waals surface area contributed by atoms with Crippen molar-refractivity contribution in [2.45, 2.75) is 44.8 Å². The molecule has 0 aliphatic carbocycles. The van der Waals surface area contributed by atoms with Crippen LogP contribution in [-0.2, 0) is 16.0 Å². The Morgan fingerprint density at radius 1 is 1.57 bits per heavy atom. The summed E-state index contributed by atoms with van der Waals surface area (Å²) in [4.78, 5) is 11.9. The van der Waals surface area contributed by atoms with Crippen LogP contribution in [0.2, 0.25) is 5.02 Å². The number of hydrogen-bond donors (Lipinski definition) is 2. The van der Waals surface area contributed by atoms with Gasteiger partial charge in [0, 0.05) is 31.0 Å². The van der Waals surface area contributed by atoms with Crippen LogP contribution in [0.4, 0.5) is 0 Å². The summed E-state index contributed by atoms with van der Waals surface area (Å²) in [7, 11) is 0. The molecule has 2 unspecified atom stereocenters. The van der Waals surface area contributed by atoms with E-state index in [0.29, 0.717) is 25.9 Å². The van der Waals surface area contributed by atoms with Crippen molar-refractivity contribution in [3.05, 3.63) is 34.3 Å². The van der Waals surface area contributed by atoms with Crippen molar-refractivity contribution in [2.75, 3.05) is 13.2 Å². The average molecular weight is 312 g/mol. The van der Waals surface area contributed by atoms with Gasteiger partial charge in [-0.1, -0.05) is 23.7 Å². The second kappa shape index (κ2) is 6.77. The highest BCUT2D eigenvalue weighted by atomic mass is 35.5. The van der Waals surface area contributed by atoms with Crippen LogP contribution in [-0.4, -0.2) is 35.9 Å². The SMILES string of the molecule is Cc1ccc(CCC(=O)NCC2(O)CCOC2C)cc1Cl. The van der Waals surface area contributed by atoms with Crippen molar-refractivity contribution in [3.63, 3.8) is 0 Å². The third-order valence-corrected chi connectivity index (χ3v) is 4.54. The summed E-state index contributed by atoms with van der Waals surface area (Å²) in [5.41, 5.74) is 1.13. The van der Waals surface area contributed by atoms with E-state index < -0.39 is 5.60 Å². The third kappa shape index (κ3) is 4.19. The fraction of sp³-hybridized carbons (Fsp3) is 0.562. The zero-order valence-corrected chi connectivity index (χ0v) is 13.2. The topological polar surface area (TPSA) is 58.6 Å². The van der Waals surface area contributed by atoms with E-state index in [2.05, 4.69) is 5.32 Å². The number of aliphatic hydroxyl groups is 1. The molecule has 2 N–H and O–H groups in total. The summed E-state index contributed by atoms with van der Waals surface area (Å²) in [6.45, 7) is 4.55. The lowest BCUT2D eigenvalue weighted by atomic mass is 9.96. The molecular formula is C16H22ClNO3. The van der Waals surface area contributed by atoms with E-state index in [9.17, 15) is 9.90 Å². The molecule has 1 aromatic carbocycles. The third-order valence-electron chi connectivity index (χ3n) is 4.13. The fourth-order valence-corrected chi connectivity index (χ4v) is 2.60. The lowest BCUT2D eigenvalue weighted by Gasteiger charge is -2.26. The first-order valence-corrected chi connectivity index (χ1v) is 7.64. The summed E-state index contributed by atoms with van der Waals surface area (Å²) < 4.78 is 5.34. The number of halogens is 1. The molecule has 1 aromatic rings. The zero-order valence-electron chi connectivity index (χ0n) is 12.5. The lowest BCUT2D eigenvalue weighted by Crippen LogP contribution is -2.47. The second-order valence-corrected chi connectivity index (χ2v) is 6.13. The minimum Gasteiger partial charge on any atom is -0.385 e. The second-order valence-electron chi connectivity index (χ2n) is 5.73. The summed E-state index contributed by atoms with van der Waals surface area (Å²) in [5, 5.41) is 13.8. The van der Waals surface area contributed by atoms with Crippen LogP contribution < -0.4 is 5.32 Å². The molecule has 1 fully saturated rings. The van der Waals surface area contributed by atoms with Crippen LogP contribution in [0.5, 0.6) is 0 Å². The van der Waals surface area contributed by atoms with Crippen molar-refractivity contribution in [1.29, 1.82) is 0 Å². The minimum atomic E-state index is -0.942. The molecule has 1 aliphatic rings. The normalized spacial score (nSPS) is 25.0. The maximum atomic E-state index is 11.9. The molecule has 4 nitrogen and oxygen atoms in total. The molecule has 1 heterocycles. The molecule has 21 heavy (non-hydrogen) atoms. The van der Waals surface area contributed by atoms with Crippen LogP contribution in [0.25, 0.3) is 0 Å². The standard InChI is InChI=1S/C16H22ClNO3/c1-11-3-4-13(9-14(11)17)5-6-15(19)18-10-16(20)7-8-21-12(16)2/h3-4,9,12,20H,5-8,10H2,1-2H3,(H,18,19). The largest absolute Gasteiger partial charge is 0.385 e. The number of rotatable bonds is 5. The Kier molecular flexibility index (Phi) is 5.25. The molecule has 0 aromatic heterocycles. The number of nitrogens with one attached hydrogen (secondary N) is 1. The summed E-state index contributed by atoms with van der Waals surface area (Å²) in [5.74, 6) is -0.0702. The Morgan fingerprint density at radius 2 is 2.33 bits per heavy atom. The van der Waals surface area contributed by atoms with Gasteiger partial charge in [0.05, 0.1) is 6.10 Å². The highest BCUT2D eigenvalue weighted by Crippen LogP contribution is 2.24.